The second-order valence-corrected chi connectivity index (χ2v) is 6.89. The number of benzene rings is 1. The molecule has 0 fully saturated rings. The molecule has 120 valence electrons. The Balaban J connectivity index is 3.25. The van der Waals surface area contributed by atoms with Crippen LogP contribution in [0.15, 0.2) is 23.1 Å². The van der Waals surface area contributed by atoms with Crippen LogP contribution in [0.1, 0.15) is 19.4 Å². The van der Waals surface area contributed by atoms with Crippen molar-refractivity contribution in [2.75, 3.05) is 6.61 Å². The summed E-state index contributed by atoms with van der Waals surface area (Å²) in [6.45, 7) is 2.85. The molecule has 0 aromatic heterocycles. The predicted octanol–water partition coefficient (Wildman–Crippen LogP) is 2.65. The number of alkyl halides is 3. The number of sulfonamides is 1. The highest BCUT2D eigenvalue weighted by molar-refractivity contribution is 7.89. The summed E-state index contributed by atoms with van der Waals surface area (Å²) in [5.74, 6) is -0.241. The van der Waals surface area contributed by atoms with Gasteiger partial charge in [-0.2, -0.15) is 13.2 Å². The number of aliphatic hydroxyl groups is 1. The summed E-state index contributed by atoms with van der Waals surface area (Å²) in [4.78, 5) is -0.668. The normalized spacial score (nSPS) is 14.5. The van der Waals surface area contributed by atoms with Gasteiger partial charge in [-0.05, 0) is 24.1 Å². The van der Waals surface area contributed by atoms with Crippen LogP contribution in [0.3, 0.4) is 0 Å². The van der Waals surface area contributed by atoms with Crippen LogP contribution in [-0.4, -0.2) is 26.2 Å². The van der Waals surface area contributed by atoms with Crippen molar-refractivity contribution in [1.29, 1.82) is 0 Å². The second-order valence-electron chi connectivity index (χ2n) is 4.80. The molecule has 1 aromatic rings. The summed E-state index contributed by atoms with van der Waals surface area (Å²) < 4.78 is 64.4. The number of rotatable bonds is 5. The van der Waals surface area contributed by atoms with Crippen LogP contribution in [0, 0.1) is 5.92 Å². The largest absolute Gasteiger partial charge is 0.416 e. The van der Waals surface area contributed by atoms with Crippen LogP contribution < -0.4 is 4.72 Å². The molecular formula is C12H15ClF3NO3S. The van der Waals surface area contributed by atoms with Gasteiger partial charge in [0.2, 0.25) is 10.0 Å². The first kappa shape index (κ1) is 18.2. The quantitative estimate of drug-likeness (QED) is 0.862. The Labute approximate surface area is 126 Å². The van der Waals surface area contributed by atoms with Gasteiger partial charge in [-0.15, -0.1) is 0 Å². The van der Waals surface area contributed by atoms with Gasteiger partial charge in [-0.3, -0.25) is 0 Å². The molecule has 1 aromatic carbocycles. The van der Waals surface area contributed by atoms with E-state index in [9.17, 15) is 21.6 Å². The van der Waals surface area contributed by atoms with E-state index < -0.39 is 39.3 Å². The van der Waals surface area contributed by atoms with E-state index in [0.29, 0.717) is 12.1 Å². The fourth-order valence-electron chi connectivity index (χ4n) is 1.53. The topological polar surface area (TPSA) is 66.4 Å². The number of halogens is 4. The molecule has 4 nitrogen and oxygen atoms in total. The summed E-state index contributed by atoms with van der Waals surface area (Å²) in [7, 11) is -4.27. The third kappa shape index (κ3) is 4.57. The number of hydrogen-bond acceptors (Lipinski definition) is 3. The Kier molecular flexibility index (Phi) is 5.65. The van der Waals surface area contributed by atoms with E-state index in [1.807, 2.05) is 0 Å². The van der Waals surface area contributed by atoms with Crippen molar-refractivity contribution < 1.29 is 26.7 Å². The van der Waals surface area contributed by atoms with Crippen molar-refractivity contribution in [1.82, 2.24) is 4.72 Å². The van der Waals surface area contributed by atoms with E-state index in [1.54, 1.807) is 13.8 Å². The van der Waals surface area contributed by atoms with Gasteiger partial charge in [-0.1, -0.05) is 25.4 Å². The molecule has 0 saturated carbocycles. The van der Waals surface area contributed by atoms with Crippen molar-refractivity contribution in [3.8, 4) is 0 Å². The van der Waals surface area contributed by atoms with E-state index in [0.717, 1.165) is 6.07 Å². The Hall–Kier alpha value is -0.830. The lowest BCUT2D eigenvalue weighted by molar-refractivity contribution is -0.137. The van der Waals surface area contributed by atoms with Gasteiger partial charge in [0, 0.05) is 6.04 Å². The van der Waals surface area contributed by atoms with Crippen molar-refractivity contribution in [2.45, 2.75) is 31.0 Å². The molecule has 1 atom stereocenters. The van der Waals surface area contributed by atoms with Gasteiger partial charge in [0.05, 0.1) is 17.2 Å². The zero-order valence-corrected chi connectivity index (χ0v) is 12.9. The maximum Gasteiger partial charge on any atom is 0.416 e. The highest BCUT2D eigenvalue weighted by Crippen LogP contribution is 2.33. The van der Waals surface area contributed by atoms with Gasteiger partial charge in [0.1, 0.15) is 4.90 Å². The molecule has 0 saturated heterocycles. The van der Waals surface area contributed by atoms with Crippen LogP contribution >= 0.6 is 11.6 Å². The molecule has 0 aliphatic heterocycles. The highest BCUT2D eigenvalue weighted by atomic mass is 35.5. The fourth-order valence-corrected chi connectivity index (χ4v) is 3.43. The van der Waals surface area contributed by atoms with Crippen LogP contribution in [0.25, 0.3) is 0 Å². The van der Waals surface area contributed by atoms with Gasteiger partial charge >= 0.3 is 6.18 Å². The first-order chi connectivity index (χ1) is 9.49. The van der Waals surface area contributed by atoms with Crippen molar-refractivity contribution in [3.05, 3.63) is 28.8 Å². The Morgan fingerprint density at radius 3 is 2.33 bits per heavy atom. The molecule has 1 unspecified atom stereocenters. The molecule has 0 bridgehead atoms. The lowest BCUT2D eigenvalue weighted by Crippen LogP contribution is -2.41. The maximum atomic E-state index is 12.6. The van der Waals surface area contributed by atoms with E-state index in [1.165, 1.54) is 0 Å². The molecule has 0 heterocycles. The third-order valence-corrected chi connectivity index (χ3v) is 4.83. The summed E-state index contributed by atoms with van der Waals surface area (Å²) >= 11 is 5.69. The van der Waals surface area contributed by atoms with Gasteiger partial charge in [0.15, 0.2) is 0 Å². The molecule has 0 aliphatic carbocycles. The van der Waals surface area contributed by atoms with Crippen LogP contribution in [0.2, 0.25) is 5.02 Å². The number of hydrogen-bond donors (Lipinski definition) is 2. The van der Waals surface area contributed by atoms with E-state index in [2.05, 4.69) is 4.72 Å². The van der Waals surface area contributed by atoms with Gasteiger partial charge < -0.3 is 5.11 Å². The van der Waals surface area contributed by atoms with Crippen molar-refractivity contribution >= 4 is 21.6 Å². The van der Waals surface area contributed by atoms with Crippen LogP contribution in [0.5, 0.6) is 0 Å². The molecule has 0 radical (unpaired) electrons. The van der Waals surface area contributed by atoms with E-state index >= 15 is 0 Å². The van der Waals surface area contributed by atoms with Crippen molar-refractivity contribution in [2.24, 2.45) is 5.92 Å². The van der Waals surface area contributed by atoms with Crippen molar-refractivity contribution in [3.63, 3.8) is 0 Å². The smallest absolute Gasteiger partial charge is 0.395 e. The zero-order chi connectivity index (χ0) is 16.4. The average Bonchev–Trinajstić information content (AvgIpc) is 2.34. The SMILES string of the molecule is CC(C)C(CO)NS(=O)(=O)c1cc(C(F)(F)F)ccc1Cl. The molecule has 21 heavy (non-hydrogen) atoms. The molecular weight excluding hydrogens is 331 g/mol. The maximum absolute atomic E-state index is 12.6. The summed E-state index contributed by atoms with van der Waals surface area (Å²) in [6.07, 6.45) is -4.68. The minimum absolute atomic E-state index is 0.241. The minimum atomic E-state index is -4.68. The minimum Gasteiger partial charge on any atom is -0.395 e. The lowest BCUT2D eigenvalue weighted by Gasteiger charge is -2.20. The summed E-state index contributed by atoms with van der Waals surface area (Å²) in [5, 5.41) is 8.80. The predicted molar refractivity (Wildman–Crippen MR) is 72.5 cm³/mol. The molecule has 0 spiro atoms. The van der Waals surface area contributed by atoms with Crippen LogP contribution in [0.4, 0.5) is 13.2 Å². The summed E-state index contributed by atoms with van der Waals surface area (Å²) in [6, 6.07) is 1.23. The monoisotopic (exact) mass is 345 g/mol. The molecule has 1 rings (SSSR count). The molecule has 2 N–H and O–H groups in total. The lowest BCUT2D eigenvalue weighted by atomic mass is 10.1. The Morgan fingerprint density at radius 2 is 1.90 bits per heavy atom. The van der Waals surface area contributed by atoms with E-state index in [4.69, 9.17) is 16.7 Å². The molecule has 0 aliphatic rings. The number of nitrogens with one attached hydrogen (secondary N) is 1. The molecule has 0 amide bonds. The fraction of sp³-hybridized carbons (Fsp3) is 0.500. The Bertz CT molecular complexity index is 602. The first-order valence-corrected chi connectivity index (χ1v) is 7.85. The standard InChI is InChI=1S/C12H15ClF3NO3S/c1-7(2)10(6-18)17-21(19,20)11-5-8(12(14,15)16)3-4-9(11)13/h3-5,7,10,17-18H,6H2,1-2H3. The van der Waals surface area contributed by atoms with E-state index in [-0.39, 0.29) is 10.9 Å². The zero-order valence-electron chi connectivity index (χ0n) is 11.3. The first-order valence-electron chi connectivity index (χ1n) is 5.99. The highest BCUT2D eigenvalue weighted by Gasteiger charge is 2.33. The van der Waals surface area contributed by atoms with Gasteiger partial charge in [-0.25, -0.2) is 13.1 Å². The third-order valence-electron chi connectivity index (χ3n) is 2.86. The second kappa shape index (κ2) is 6.51. The summed E-state index contributed by atoms with van der Waals surface area (Å²) in [5.41, 5.74) is -1.11. The Morgan fingerprint density at radius 1 is 1.33 bits per heavy atom. The average molecular weight is 346 g/mol. The molecule has 9 heteroatoms. The van der Waals surface area contributed by atoms with Gasteiger partial charge in [0.25, 0.3) is 0 Å². The number of aliphatic hydroxyl groups excluding tert-OH is 1. The van der Waals surface area contributed by atoms with Crippen LogP contribution in [-0.2, 0) is 16.2 Å².